The van der Waals surface area contributed by atoms with Gasteiger partial charge < -0.3 is 36.7 Å². The number of hydrogen-bond acceptors (Lipinski definition) is 10. The molecule has 0 aliphatic heterocycles. The van der Waals surface area contributed by atoms with Crippen molar-refractivity contribution in [2.75, 3.05) is 0 Å². The van der Waals surface area contributed by atoms with Crippen LogP contribution >= 0.6 is 45.2 Å². The van der Waals surface area contributed by atoms with Gasteiger partial charge in [0.1, 0.15) is 11.6 Å². The number of rotatable bonds is 6. The van der Waals surface area contributed by atoms with E-state index >= 15 is 0 Å². The van der Waals surface area contributed by atoms with E-state index in [1.165, 1.54) is 70.1 Å². The maximum absolute atomic E-state index is 13.2. The van der Waals surface area contributed by atoms with Gasteiger partial charge in [0.05, 0.1) is 45.6 Å². The monoisotopic (exact) mass is 996 g/mol. The molecule has 12 nitrogen and oxygen atoms in total. The van der Waals surface area contributed by atoms with Crippen molar-refractivity contribution < 1.29 is 28.3 Å². The average molecular weight is 998 g/mol. The molecule has 0 fully saturated rings. The van der Waals surface area contributed by atoms with E-state index in [0.29, 0.717) is 33.2 Å². The zero-order valence-corrected chi connectivity index (χ0v) is 34.7. The Bertz CT molecular complexity index is 2300. The third kappa shape index (κ3) is 10.00. The summed E-state index contributed by atoms with van der Waals surface area (Å²) < 4.78 is 30.9. The molecule has 6 rings (SSSR count). The van der Waals surface area contributed by atoms with Crippen molar-refractivity contribution in [2.45, 2.75) is 0 Å². The van der Waals surface area contributed by atoms with Gasteiger partial charge in [0.25, 0.3) is 11.1 Å². The van der Waals surface area contributed by atoms with Crippen LogP contribution in [0.25, 0.3) is 33.2 Å². The normalized spacial score (nSPS) is 11.9. The maximum Gasteiger partial charge on any atom is 2.00 e. The molecule has 6 aromatic rings. The number of nitrogens with two attached hydrogens (primary N) is 2. The quantitative estimate of drug-likeness (QED) is 0.0607. The van der Waals surface area contributed by atoms with Crippen LogP contribution in [0.2, 0.25) is 0 Å². The SMILES string of the molecule is N/C([S-])=N/N=C/c1nc2ccc(I)cc2c(=O)n1-c1ccc(F)cc1.N/C([S-])=N/N=C/c1nc2ccc(I)cc2c(=O)n1-c1ccc(F)cc1.[Zn+2]. The fourth-order valence-electron chi connectivity index (χ4n) is 4.48. The second kappa shape index (κ2) is 17.8. The molecule has 0 unspecified atom stereocenters. The van der Waals surface area contributed by atoms with Crippen LogP contribution in [0.1, 0.15) is 11.6 Å². The minimum absolute atomic E-state index is 0. The van der Waals surface area contributed by atoms with Crippen LogP contribution < -0.4 is 22.6 Å². The molecule has 4 aromatic carbocycles. The predicted molar refractivity (Wildman–Crippen MR) is 213 cm³/mol. The molecule has 0 spiro atoms. The molecule has 2 aromatic heterocycles. The van der Waals surface area contributed by atoms with Gasteiger partial charge in [-0.05, 0) is 140 Å². The predicted octanol–water partition coefficient (Wildman–Crippen LogP) is 4.65. The van der Waals surface area contributed by atoms with Crippen molar-refractivity contribution in [1.82, 2.24) is 19.1 Å². The van der Waals surface area contributed by atoms with Gasteiger partial charge in [-0.3, -0.25) is 18.7 Å². The van der Waals surface area contributed by atoms with E-state index < -0.39 is 11.6 Å². The fraction of sp³-hybridized carbons (Fsp3) is 0. The summed E-state index contributed by atoms with van der Waals surface area (Å²) in [6.07, 6.45) is 2.56. The largest absolute Gasteiger partial charge is 2.00 e. The Balaban J connectivity index is 0.000000224. The van der Waals surface area contributed by atoms with Crippen LogP contribution in [-0.2, 0) is 44.7 Å². The third-order valence-corrected chi connectivity index (χ3v) is 8.05. The van der Waals surface area contributed by atoms with Crippen LogP contribution in [0, 0.1) is 18.8 Å². The molecule has 0 saturated carbocycles. The molecule has 51 heavy (non-hydrogen) atoms. The van der Waals surface area contributed by atoms with Crippen LogP contribution in [0.5, 0.6) is 0 Å². The number of hydrogen-bond donors (Lipinski definition) is 2. The zero-order chi connectivity index (χ0) is 35.9. The van der Waals surface area contributed by atoms with Crippen molar-refractivity contribution in [1.29, 1.82) is 0 Å². The molecule has 0 atom stereocenters. The molecule has 0 saturated heterocycles. The van der Waals surface area contributed by atoms with Crippen molar-refractivity contribution in [2.24, 2.45) is 31.9 Å². The number of fused-ring (bicyclic) bond motifs is 2. The van der Waals surface area contributed by atoms with Crippen LogP contribution in [0.3, 0.4) is 0 Å². The van der Waals surface area contributed by atoms with Crippen LogP contribution in [-0.4, -0.2) is 41.9 Å². The molecule has 4 N–H and O–H groups in total. The number of amidine groups is 2. The van der Waals surface area contributed by atoms with Gasteiger partial charge in [-0.25, -0.2) is 18.7 Å². The molecule has 19 heteroatoms. The summed E-state index contributed by atoms with van der Waals surface area (Å²) in [5.41, 5.74) is 11.9. The second-order valence-electron chi connectivity index (χ2n) is 9.86. The first kappa shape index (κ1) is 39.6. The molecular formula is C32H20F2I2N10O2S2Zn. The van der Waals surface area contributed by atoms with E-state index in [1.54, 1.807) is 24.3 Å². The third-order valence-electron chi connectivity index (χ3n) is 6.54. The molecular weight excluding hydrogens is 978 g/mol. The Hall–Kier alpha value is -4.18. The Labute approximate surface area is 338 Å². The average Bonchev–Trinajstić information content (AvgIpc) is 3.07. The minimum Gasteiger partial charge on any atom is -0.741 e. The maximum atomic E-state index is 13.2. The number of halogens is 4. The Morgan fingerprint density at radius 1 is 0.647 bits per heavy atom. The van der Waals surface area contributed by atoms with Gasteiger partial charge in [0.15, 0.2) is 11.6 Å². The fourth-order valence-corrected chi connectivity index (χ4v) is 5.55. The van der Waals surface area contributed by atoms with E-state index in [9.17, 15) is 18.4 Å². The standard InChI is InChI=1S/2C16H11FIN5OS.Zn/c2*17-9-1-4-11(5-2-9)23-14(8-20-22-16(19)25)21-13-6-3-10(18)7-12(13)15(23)24;/h2*1-8H,(H3,19,22,25);/q;;+2/p-2/b2*20-8+;. The van der Waals surface area contributed by atoms with Gasteiger partial charge in [0.2, 0.25) is 0 Å². The summed E-state index contributed by atoms with van der Waals surface area (Å²) in [4.78, 5) is 34.8. The summed E-state index contributed by atoms with van der Waals surface area (Å²) in [5.74, 6) is -0.354. The summed E-state index contributed by atoms with van der Waals surface area (Å²) >= 11 is 13.5. The molecule has 0 aliphatic carbocycles. The van der Waals surface area contributed by atoms with Crippen molar-refractivity contribution in [3.8, 4) is 11.4 Å². The molecule has 0 amide bonds. The summed E-state index contributed by atoms with van der Waals surface area (Å²) in [5, 5.41) is 15.2. The smallest absolute Gasteiger partial charge is 0.741 e. The molecule has 0 radical (unpaired) electrons. The minimum atomic E-state index is -0.404. The molecule has 2 heterocycles. The second-order valence-corrected chi connectivity index (χ2v) is 13.2. The number of benzene rings is 4. The van der Waals surface area contributed by atoms with Gasteiger partial charge in [0, 0.05) is 7.14 Å². The van der Waals surface area contributed by atoms with Gasteiger partial charge in [-0.15, -0.1) is 0 Å². The number of nitrogens with zero attached hydrogens (tertiary/aromatic N) is 8. The molecule has 252 valence electrons. The van der Waals surface area contributed by atoms with Gasteiger partial charge in [-0.1, -0.05) is 0 Å². The first-order valence-corrected chi connectivity index (χ1v) is 16.9. The van der Waals surface area contributed by atoms with E-state index in [-0.39, 0.29) is 52.6 Å². The first-order valence-electron chi connectivity index (χ1n) is 13.9. The van der Waals surface area contributed by atoms with E-state index in [0.717, 1.165) is 7.14 Å². The van der Waals surface area contributed by atoms with Gasteiger partial charge >= 0.3 is 19.5 Å². The zero-order valence-electron chi connectivity index (χ0n) is 25.8. The topological polar surface area (TPSA) is 171 Å². The van der Waals surface area contributed by atoms with Crippen molar-refractivity contribution in [3.63, 3.8) is 0 Å². The summed E-state index contributed by atoms with van der Waals surface area (Å²) in [7, 11) is 0. The van der Waals surface area contributed by atoms with Crippen molar-refractivity contribution >= 4 is 115 Å². The first-order chi connectivity index (χ1) is 23.9. The Morgan fingerprint density at radius 2 is 1.00 bits per heavy atom. The Kier molecular flexibility index (Phi) is 13.9. The van der Waals surface area contributed by atoms with Crippen LogP contribution in [0.4, 0.5) is 8.78 Å². The van der Waals surface area contributed by atoms with E-state index in [1.807, 2.05) is 12.1 Å². The summed E-state index contributed by atoms with van der Waals surface area (Å²) in [6.45, 7) is 0. The van der Waals surface area contributed by atoms with Gasteiger partial charge in [-0.2, -0.15) is 20.4 Å². The summed E-state index contributed by atoms with van der Waals surface area (Å²) in [6, 6.07) is 21.7. The molecule has 0 aliphatic rings. The Morgan fingerprint density at radius 3 is 1.33 bits per heavy atom. The van der Waals surface area contributed by atoms with Crippen LogP contribution in [0.15, 0.2) is 115 Å². The van der Waals surface area contributed by atoms with E-state index in [4.69, 9.17) is 11.5 Å². The van der Waals surface area contributed by atoms with E-state index in [2.05, 4.69) is 101 Å². The molecule has 0 bridgehead atoms. The van der Waals surface area contributed by atoms with Crippen molar-refractivity contribution in [3.05, 3.63) is 136 Å². The number of aromatic nitrogens is 4.